The zero-order chi connectivity index (χ0) is 17.8. The molecule has 0 aromatic heterocycles. The van der Waals surface area contributed by atoms with Gasteiger partial charge in [0.2, 0.25) is 5.91 Å². The summed E-state index contributed by atoms with van der Waals surface area (Å²) in [5.41, 5.74) is 3.54. The Labute approximate surface area is 156 Å². The van der Waals surface area contributed by atoms with E-state index in [0.29, 0.717) is 21.3 Å². The van der Waals surface area contributed by atoms with Gasteiger partial charge in [-0.25, -0.2) is 0 Å². The molecule has 2 amide bonds. The van der Waals surface area contributed by atoms with Gasteiger partial charge in [0, 0.05) is 10.6 Å². The van der Waals surface area contributed by atoms with Crippen molar-refractivity contribution in [2.24, 2.45) is 0 Å². The lowest BCUT2D eigenvalue weighted by molar-refractivity contribution is -0.115. The van der Waals surface area contributed by atoms with Crippen molar-refractivity contribution in [3.63, 3.8) is 0 Å². The minimum absolute atomic E-state index is 0.140. The monoisotopic (exact) mass is 376 g/mol. The number of carbonyl (C=O) groups excluding carboxylic acids is 2. The number of carbonyl (C=O) groups is 2. The van der Waals surface area contributed by atoms with E-state index < -0.39 is 0 Å². The largest absolute Gasteiger partial charge is 0.343 e. The summed E-state index contributed by atoms with van der Waals surface area (Å²) in [4.78, 5) is 24.3. The third-order valence-corrected chi connectivity index (χ3v) is 4.79. The lowest BCUT2D eigenvalue weighted by atomic mass is 9.90. The Kier molecular flexibility index (Phi) is 5.61. The van der Waals surface area contributed by atoms with E-state index >= 15 is 0 Å². The highest BCUT2D eigenvalue weighted by atomic mass is 35.5. The van der Waals surface area contributed by atoms with Gasteiger partial charge in [0.15, 0.2) is 0 Å². The van der Waals surface area contributed by atoms with E-state index in [4.69, 9.17) is 23.2 Å². The Morgan fingerprint density at radius 1 is 0.960 bits per heavy atom. The molecule has 0 radical (unpaired) electrons. The third-order valence-electron chi connectivity index (χ3n) is 4.22. The standard InChI is InChI=1S/C19H18Cl2N2O2/c20-15-7-8-16(21)17(10-15)23-18(24)11-22-19(25)14-6-5-12-3-1-2-4-13(12)9-14/h5-10H,1-4,11H2,(H,22,25)(H,23,24). The van der Waals surface area contributed by atoms with Gasteiger partial charge in [-0.15, -0.1) is 0 Å². The van der Waals surface area contributed by atoms with Crippen LogP contribution in [0.4, 0.5) is 5.69 Å². The molecule has 0 spiro atoms. The maximum absolute atomic E-state index is 12.3. The number of nitrogens with one attached hydrogen (secondary N) is 2. The second kappa shape index (κ2) is 7.89. The first-order chi connectivity index (χ1) is 12.0. The van der Waals surface area contributed by atoms with E-state index in [1.54, 1.807) is 18.2 Å². The van der Waals surface area contributed by atoms with Crippen LogP contribution < -0.4 is 10.6 Å². The van der Waals surface area contributed by atoms with Gasteiger partial charge in [0.05, 0.1) is 17.3 Å². The van der Waals surface area contributed by atoms with Crippen molar-refractivity contribution in [2.75, 3.05) is 11.9 Å². The molecule has 0 bridgehead atoms. The van der Waals surface area contributed by atoms with E-state index in [1.807, 2.05) is 18.2 Å². The lowest BCUT2D eigenvalue weighted by Gasteiger charge is -2.16. The first-order valence-electron chi connectivity index (χ1n) is 8.18. The molecule has 0 unspecified atom stereocenters. The molecule has 1 aliphatic carbocycles. The van der Waals surface area contributed by atoms with E-state index in [0.717, 1.165) is 19.3 Å². The summed E-state index contributed by atoms with van der Waals surface area (Å²) < 4.78 is 0. The fourth-order valence-corrected chi connectivity index (χ4v) is 3.26. The number of halogens is 2. The average molecular weight is 377 g/mol. The van der Waals surface area contributed by atoms with Gasteiger partial charge in [-0.05, 0) is 67.1 Å². The molecule has 0 saturated carbocycles. The van der Waals surface area contributed by atoms with Gasteiger partial charge in [-0.2, -0.15) is 0 Å². The maximum Gasteiger partial charge on any atom is 0.251 e. The highest BCUT2D eigenvalue weighted by Crippen LogP contribution is 2.25. The summed E-state index contributed by atoms with van der Waals surface area (Å²) in [7, 11) is 0. The summed E-state index contributed by atoms with van der Waals surface area (Å²) in [5, 5.41) is 6.13. The minimum atomic E-state index is -0.365. The van der Waals surface area contributed by atoms with E-state index in [2.05, 4.69) is 10.6 Å². The molecule has 2 N–H and O–H groups in total. The summed E-state index contributed by atoms with van der Waals surface area (Å²) in [5.74, 6) is -0.629. The number of hydrogen-bond acceptors (Lipinski definition) is 2. The summed E-state index contributed by atoms with van der Waals surface area (Å²) in [6.07, 6.45) is 4.43. The van der Waals surface area contributed by atoms with Crippen molar-refractivity contribution in [1.82, 2.24) is 5.32 Å². The van der Waals surface area contributed by atoms with Gasteiger partial charge < -0.3 is 10.6 Å². The van der Waals surface area contributed by atoms with Crippen LogP contribution in [0.5, 0.6) is 0 Å². The van der Waals surface area contributed by atoms with Crippen molar-refractivity contribution >= 4 is 40.7 Å². The first-order valence-corrected chi connectivity index (χ1v) is 8.93. The molecule has 2 aromatic rings. The molecule has 6 heteroatoms. The zero-order valence-corrected chi connectivity index (χ0v) is 15.1. The van der Waals surface area contributed by atoms with Crippen LogP contribution >= 0.6 is 23.2 Å². The second-order valence-corrected chi connectivity index (χ2v) is 6.89. The lowest BCUT2D eigenvalue weighted by Crippen LogP contribution is -2.33. The molecule has 0 fully saturated rings. The van der Waals surface area contributed by atoms with Gasteiger partial charge in [-0.3, -0.25) is 9.59 Å². The Balaban J connectivity index is 1.58. The van der Waals surface area contributed by atoms with E-state index in [9.17, 15) is 9.59 Å². The van der Waals surface area contributed by atoms with Crippen LogP contribution in [-0.4, -0.2) is 18.4 Å². The maximum atomic E-state index is 12.3. The fraction of sp³-hybridized carbons (Fsp3) is 0.263. The van der Waals surface area contributed by atoms with Gasteiger partial charge in [0.1, 0.15) is 0 Å². The van der Waals surface area contributed by atoms with Crippen LogP contribution in [0.15, 0.2) is 36.4 Å². The van der Waals surface area contributed by atoms with Crippen LogP contribution in [0.2, 0.25) is 10.0 Å². The van der Waals surface area contributed by atoms with Crippen molar-refractivity contribution in [3.8, 4) is 0 Å². The zero-order valence-electron chi connectivity index (χ0n) is 13.6. The van der Waals surface area contributed by atoms with Crippen LogP contribution in [0, 0.1) is 0 Å². The van der Waals surface area contributed by atoms with E-state index in [-0.39, 0.29) is 18.4 Å². The van der Waals surface area contributed by atoms with Crippen molar-refractivity contribution in [2.45, 2.75) is 25.7 Å². The number of aryl methyl sites for hydroxylation is 2. The molecule has 2 aromatic carbocycles. The van der Waals surface area contributed by atoms with Crippen molar-refractivity contribution in [1.29, 1.82) is 0 Å². The van der Waals surface area contributed by atoms with Crippen LogP contribution in [0.3, 0.4) is 0 Å². The molecular formula is C19H18Cl2N2O2. The Morgan fingerprint density at radius 3 is 2.52 bits per heavy atom. The molecular weight excluding hydrogens is 359 g/mol. The topological polar surface area (TPSA) is 58.2 Å². The smallest absolute Gasteiger partial charge is 0.251 e. The normalized spacial score (nSPS) is 13.0. The van der Waals surface area contributed by atoms with Gasteiger partial charge in [-0.1, -0.05) is 29.3 Å². The molecule has 0 atom stereocenters. The summed E-state index contributed by atoms with van der Waals surface area (Å²) >= 11 is 11.9. The Morgan fingerprint density at radius 2 is 1.72 bits per heavy atom. The fourth-order valence-electron chi connectivity index (χ4n) is 2.92. The Hall–Kier alpha value is -2.04. The molecule has 0 saturated heterocycles. The van der Waals surface area contributed by atoms with Gasteiger partial charge >= 0.3 is 0 Å². The number of rotatable bonds is 4. The number of amides is 2. The summed E-state index contributed by atoms with van der Waals surface area (Å²) in [6, 6.07) is 10.5. The molecule has 25 heavy (non-hydrogen) atoms. The SMILES string of the molecule is O=C(CNC(=O)c1ccc2c(c1)CCCC2)Nc1cc(Cl)ccc1Cl. The second-order valence-electron chi connectivity index (χ2n) is 6.05. The van der Waals surface area contributed by atoms with Crippen LogP contribution in [-0.2, 0) is 17.6 Å². The molecule has 1 aliphatic rings. The molecule has 3 rings (SSSR count). The third kappa shape index (κ3) is 4.53. The van der Waals surface area contributed by atoms with Crippen LogP contribution in [0.25, 0.3) is 0 Å². The molecule has 130 valence electrons. The molecule has 0 aliphatic heterocycles. The van der Waals surface area contributed by atoms with Crippen molar-refractivity contribution in [3.05, 3.63) is 63.1 Å². The van der Waals surface area contributed by atoms with Crippen LogP contribution in [0.1, 0.15) is 34.3 Å². The number of hydrogen-bond donors (Lipinski definition) is 2. The molecule has 4 nitrogen and oxygen atoms in total. The highest BCUT2D eigenvalue weighted by molar-refractivity contribution is 6.35. The highest BCUT2D eigenvalue weighted by Gasteiger charge is 2.14. The predicted octanol–water partition coefficient (Wildman–Crippen LogP) is 4.24. The Bertz CT molecular complexity index is 821. The molecule has 0 heterocycles. The summed E-state index contributed by atoms with van der Waals surface area (Å²) in [6.45, 7) is -0.140. The number of benzene rings is 2. The average Bonchev–Trinajstić information content (AvgIpc) is 2.62. The van der Waals surface area contributed by atoms with Gasteiger partial charge in [0.25, 0.3) is 5.91 Å². The quantitative estimate of drug-likeness (QED) is 0.837. The predicted molar refractivity (Wildman–Crippen MR) is 101 cm³/mol. The first kappa shape index (κ1) is 17.8. The van der Waals surface area contributed by atoms with Crippen molar-refractivity contribution < 1.29 is 9.59 Å². The minimum Gasteiger partial charge on any atom is -0.343 e. The number of anilines is 1. The van der Waals surface area contributed by atoms with E-state index in [1.165, 1.54) is 17.5 Å². The number of fused-ring (bicyclic) bond motifs is 1.